The Bertz CT molecular complexity index is 3650. The van der Waals surface area contributed by atoms with Gasteiger partial charge in [-0.15, -0.1) is 22.7 Å². The fraction of sp³-hybridized carbons (Fsp3) is 0.206. The van der Waals surface area contributed by atoms with Crippen LogP contribution in [0.15, 0.2) is 142 Å². The Balaban J connectivity index is 1.12. The number of furan rings is 2. The molecule has 7 heteroatoms. The summed E-state index contributed by atoms with van der Waals surface area (Å²) in [5, 5.41) is 7.52. The van der Waals surface area contributed by atoms with Gasteiger partial charge in [0.25, 0.3) is 6.71 Å². The molecule has 2 aliphatic rings. The summed E-state index contributed by atoms with van der Waals surface area (Å²) in [6.45, 7) is 25.5. The van der Waals surface area contributed by atoms with Crippen LogP contribution in [-0.2, 0) is 10.8 Å². The lowest BCUT2D eigenvalue weighted by Crippen LogP contribution is -2.60. The molecule has 0 atom stereocenters. The normalized spacial score (nSPS) is 13.6. The van der Waals surface area contributed by atoms with Crippen LogP contribution in [0, 0.1) is 34.6 Å². The maximum Gasteiger partial charge on any atom is 0.256 e. The van der Waals surface area contributed by atoms with Crippen molar-refractivity contribution < 1.29 is 8.83 Å². The lowest BCUT2D eigenvalue weighted by Gasteiger charge is -2.43. The van der Waals surface area contributed by atoms with Crippen molar-refractivity contribution in [1.29, 1.82) is 0 Å². The van der Waals surface area contributed by atoms with Crippen molar-refractivity contribution in [2.24, 2.45) is 0 Å². The molecule has 0 spiro atoms. The Labute approximate surface area is 418 Å². The summed E-state index contributed by atoms with van der Waals surface area (Å²) in [5.41, 5.74) is 21.8. The minimum absolute atomic E-state index is 0.0121. The minimum atomic E-state index is -0.0218. The fourth-order valence-electron chi connectivity index (χ4n) is 11.7. The molecule has 0 amide bonds. The first-order valence-corrected chi connectivity index (χ1v) is 26.2. The predicted octanol–water partition coefficient (Wildman–Crippen LogP) is 17.2. The van der Waals surface area contributed by atoms with E-state index < -0.39 is 0 Å². The lowest BCUT2D eigenvalue weighted by atomic mass is 9.33. The molecule has 0 unspecified atom stereocenters. The molecule has 11 aromatic rings. The Hall–Kier alpha value is -6.80. The van der Waals surface area contributed by atoms with Crippen molar-refractivity contribution in [3.05, 3.63) is 172 Å². The number of fused-ring (bicyclic) bond motifs is 10. The number of anilines is 6. The minimum Gasteiger partial charge on any atom is -0.456 e. The smallest absolute Gasteiger partial charge is 0.256 e. The second kappa shape index (κ2) is 15.1. The van der Waals surface area contributed by atoms with Crippen molar-refractivity contribution >= 4 is 121 Å². The molecule has 0 fully saturated rings. The van der Waals surface area contributed by atoms with Crippen molar-refractivity contribution in [2.75, 3.05) is 9.80 Å². The van der Waals surface area contributed by atoms with Crippen LogP contribution in [0.25, 0.3) is 64.8 Å². The third-order valence-electron chi connectivity index (χ3n) is 15.0. The Morgan fingerprint density at radius 1 is 0.443 bits per heavy atom. The van der Waals surface area contributed by atoms with Gasteiger partial charge in [-0.1, -0.05) is 102 Å². The first kappa shape index (κ1) is 43.2. The molecule has 0 aliphatic carbocycles. The zero-order valence-corrected chi connectivity index (χ0v) is 43.4. The van der Waals surface area contributed by atoms with E-state index in [0.29, 0.717) is 0 Å². The van der Waals surface area contributed by atoms with Gasteiger partial charge < -0.3 is 18.6 Å². The van der Waals surface area contributed by atoms with Gasteiger partial charge in [0.1, 0.15) is 22.7 Å². The first-order valence-electron chi connectivity index (χ1n) is 24.6. The van der Waals surface area contributed by atoms with Crippen LogP contribution in [0.4, 0.5) is 32.8 Å². The van der Waals surface area contributed by atoms with Gasteiger partial charge in [-0.3, -0.25) is 0 Å². The Morgan fingerprint density at radius 3 is 1.23 bits per heavy atom. The van der Waals surface area contributed by atoms with Gasteiger partial charge in [0.2, 0.25) is 0 Å². The summed E-state index contributed by atoms with van der Waals surface area (Å²) in [7, 11) is 0. The van der Waals surface area contributed by atoms with Crippen LogP contribution in [0.5, 0.6) is 0 Å². The number of thiophene rings is 2. The number of hydrogen-bond acceptors (Lipinski definition) is 6. The van der Waals surface area contributed by atoms with Gasteiger partial charge in [0, 0.05) is 42.7 Å². The van der Waals surface area contributed by atoms with E-state index in [1.54, 1.807) is 0 Å². The lowest BCUT2D eigenvalue weighted by molar-refractivity contribution is 0.591. The maximum absolute atomic E-state index is 6.50. The summed E-state index contributed by atoms with van der Waals surface area (Å²) in [4.78, 5) is 5.30. The second-order valence-electron chi connectivity index (χ2n) is 22.1. The van der Waals surface area contributed by atoms with E-state index in [2.05, 4.69) is 207 Å². The van der Waals surface area contributed by atoms with Crippen molar-refractivity contribution in [3.63, 3.8) is 0 Å². The van der Waals surface area contributed by atoms with Crippen molar-refractivity contribution in [2.45, 2.75) is 87.0 Å². The number of aryl methyl sites for hydroxylation is 5. The van der Waals surface area contributed by atoms with Gasteiger partial charge in [-0.05, 0) is 184 Å². The van der Waals surface area contributed by atoms with Crippen LogP contribution in [0.1, 0.15) is 80.5 Å². The number of rotatable bonds is 4. The molecule has 344 valence electrons. The number of hydrogen-bond donors (Lipinski definition) is 0. The van der Waals surface area contributed by atoms with Gasteiger partial charge in [0.15, 0.2) is 0 Å². The molecule has 0 saturated carbocycles. The maximum atomic E-state index is 6.50. The molecule has 6 heterocycles. The molecule has 70 heavy (non-hydrogen) atoms. The van der Waals surface area contributed by atoms with Crippen LogP contribution in [-0.4, -0.2) is 6.71 Å². The average molecular weight is 947 g/mol. The summed E-state index contributed by atoms with van der Waals surface area (Å²) >= 11 is 3.89. The topological polar surface area (TPSA) is 32.8 Å². The second-order valence-corrected chi connectivity index (χ2v) is 24.2. The third-order valence-corrected chi connectivity index (χ3v) is 17.4. The molecule has 13 rings (SSSR count). The van der Waals surface area contributed by atoms with Crippen LogP contribution < -0.4 is 26.2 Å². The highest BCUT2D eigenvalue weighted by Crippen LogP contribution is 2.53. The van der Waals surface area contributed by atoms with E-state index in [9.17, 15) is 0 Å². The van der Waals surface area contributed by atoms with Crippen molar-refractivity contribution in [3.8, 4) is 22.6 Å². The van der Waals surface area contributed by atoms with E-state index in [1.807, 2.05) is 34.8 Å². The molecule has 7 aromatic carbocycles. The molecule has 0 saturated heterocycles. The fourth-order valence-corrected chi connectivity index (χ4v) is 14.2. The standard InChI is InChI=1S/C63H55BN2O2S2/c1-34-24-47-57-48(25-34)66(59-37(4)28-42(29-38(59)5)52-31-40-17-13-15-19-50(40)68-52)61-56(46-33-44(63(9,10)11)21-23-54(46)70-61)64(57)55-45-32-43(62(6,7)8)20-22-53(45)69-60(55)65(47)58-35(2)26-41(27-36(58)3)51-30-39-16-12-14-18-49(39)67-51/h12-33H,1-11H3. The van der Waals surface area contributed by atoms with Gasteiger partial charge in [-0.2, -0.15) is 0 Å². The molecule has 0 radical (unpaired) electrons. The number of nitrogens with zero attached hydrogens (tertiary/aromatic N) is 2. The predicted molar refractivity (Wildman–Crippen MR) is 303 cm³/mol. The Kier molecular flexibility index (Phi) is 9.33. The average Bonchev–Trinajstić information content (AvgIpc) is 4.11. The SMILES string of the molecule is Cc1cc2c3c(c1)N(c1c(C)cc(-c4cc5ccccc5o4)cc1C)c1sc4ccc(C(C)(C)C)cc4c1B3c1c(sc3ccc(C(C)(C)C)cc13)N2c1c(C)cc(-c2cc3ccccc3o2)cc1C. The molecule has 0 N–H and O–H groups in total. The van der Waals surface area contributed by atoms with Gasteiger partial charge >= 0.3 is 0 Å². The molecular weight excluding hydrogens is 892 g/mol. The van der Waals surface area contributed by atoms with Gasteiger partial charge in [-0.25, -0.2) is 0 Å². The van der Waals surface area contributed by atoms with E-state index in [4.69, 9.17) is 8.83 Å². The number of para-hydroxylation sites is 2. The van der Waals surface area contributed by atoms with Gasteiger partial charge in [0.05, 0.1) is 21.4 Å². The Morgan fingerprint density at radius 2 is 0.843 bits per heavy atom. The molecule has 2 aliphatic heterocycles. The highest BCUT2D eigenvalue weighted by Gasteiger charge is 2.48. The highest BCUT2D eigenvalue weighted by molar-refractivity contribution is 7.29. The quantitative estimate of drug-likeness (QED) is 0.165. The first-order chi connectivity index (χ1) is 33.5. The highest BCUT2D eigenvalue weighted by atomic mass is 32.1. The zero-order valence-electron chi connectivity index (χ0n) is 41.8. The largest absolute Gasteiger partial charge is 0.456 e. The summed E-state index contributed by atoms with van der Waals surface area (Å²) in [6.07, 6.45) is 0. The van der Waals surface area contributed by atoms with Crippen LogP contribution in [0.3, 0.4) is 0 Å². The van der Waals surface area contributed by atoms with E-state index >= 15 is 0 Å². The molecular formula is C63H55BN2O2S2. The van der Waals surface area contributed by atoms with E-state index in [0.717, 1.165) is 44.6 Å². The molecule has 4 aromatic heterocycles. The van der Waals surface area contributed by atoms with Crippen molar-refractivity contribution in [1.82, 2.24) is 0 Å². The van der Waals surface area contributed by atoms with E-state index in [-0.39, 0.29) is 17.5 Å². The third kappa shape index (κ3) is 6.47. The van der Waals surface area contributed by atoms with Crippen LogP contribution in [0.2, 0.25) is 0 Å². The van der Waals surface area contributed by atoms with E-state index in [1.165, 1.54) is 108 Å². The monoisotopic (exact) mass is 946 g/mol. The number of benzene rings is 7. The molecule has 4 nitrogen and oxygen atoms in total. The summed E-state index contributed by atoms with van der Waals surface area (Å²) in [6, 6.07) is 49.8. The summed E-state index contributed by atoms with van der Waals surface area (Å²) < 4.78 is 15.6. The van der Waals surface area contributed by atoms with Crippen LogP contribution >= 0.6 is 22.7 Å². The summed E-state index contributed by atoms with van der Waals surface area (Å²) in [5.74, 6) is 1.78. The zero-order chi connectivity index (χ0) is 48.3. The molecule has 0 bridgehead atoms.